The third-order valence-electron chi connectivity index (χ3n) is 3.49. The molecule has 1 fully saturated rings. The van der Waals surface area contributed by atoms with Crippen molar-refractivity contribution in [2.24, 2.45) is 5.92 Å². The Morgan fingerprint density at radius 1 is 1.50 bits per heavy atom. The summed E-state index contributed by atoms with van der Waals surface area (Å²) >= 11 is 0. The summed E-state index contributed by atoms with van der Waals surface area (Å²) in [6.07, 6.45) is 3.75. The van der Waals surface area contributed by atoms with E-state index in [1.807, 2.05) is 0 Å². The van der Waals surface area contributed by atoms with Gasteiger partial charge in [0, 0.05) is 13.1 Å². The van der Waals surface area contributed by atoms with Gasteiger partial charge in [0.05, 0.1) is 6.33 Å². The van der Waals surface area contributed by atoms with Crippen LogP contribution in [0.5, 0.6) is 0 Å². The first kappa shape index (κ1) is 12.9. The Labute approximate surface area is 107 Å². The Hall–Kier alpha value is -1.56. The molecule has 0 aliphatic carbocycles. The van der Waals surface area contributed by atoms with E-state index in [1.165, 1.54) is 19.2 Å². The predicted molar refractivity (Wildman–Crippen MR) is 72.8 cm³/mol. The van der Waals surface area contributed by atoms with Crippen LogP contribution in [0.2, 0.25) is 0 Å². The first-order valence-corrected chi connectivity index (χ1v) is 6.51. The lowest BCUT2D eigenvalue weighted by molar-refractivity contribution is 0.374. The number of aromatic amines is 1. The summed E-state index contributed by atoms with van der Waals surface area (Å²) in [5.74, 6) is 1.26. The van der Waals surface area contributed by atoms with E-state index in [2.05, 4.69) is 27.1 Å². The van der Waals surface area contributed by atoms with Crippen molar-refractivity contribution in [2.45, 2.75) is 19.8 Å². The number of nitrogens with zero attached hydrogens (tertiary/aromatic N) is 2. The maximum atomic E-state index is 11.5. The van der Waals surface area contributed by atoms with E-state index in [-0.39, 0.29) is 11.2 Å². The van der Waals surface area contributed by atoms with E-state index >= 15 is 0 Å². The van der Waals surface area contributed by atoms with Gasteiger partial charge in [0.1, 0.15) is 5.69 Å². The molecule has 0 spiro atoms. The highest BCUT2D eigenvalue weighted by Gasteiger charge is 2.19. The standard InChI is InChI=1S/C12H21N5O/c1-2-17(7-9-3-5-14-6-4-9)11-10(13)12(18)16-8-15-11/h8-9,14H,2-7,13H2,1H3,(H,15,16,18). The number of H-pyrrole nitrogens is 1. The Morgan fingerprint density at radius 3 is 2.89 bits per heavy atom. The smallest absolute Gasteiger partial charge is 0.276 e. The third-order valence-corrected chi connectivity index (χ3v) is 3.49. The molecule has 1 aromatic heterocycles. The van der Waals surface area contributed by atoms with Crippen molar-refractivity contribution in [1.82, 2.24) is 15.3 Å². The molecule has 6 heteroatoms. The molecule has 0 amide bonds. The highest BCUT2D eigenvalue weighted by molar-refractivity contribution is 5.60. The number of nitrogens with one attached hydrogen (secondary N) is 2. The second kappa shape index (κ2) is 5.86. The SMILES string of the molecule is CCN(CC1CCNCC1)c1nc[nH]c(=O)c1N. The number of hydrogen-bond donors (Lipinski definition) is 3. The second-order valence-electron chi connectivity index (χ2n) is 4.70. The second-order valence-corrected chi connectivity index (χ2v) is 4.70. The number of anilines is 2. The molecule has 1 aliphatic rings. The molecule has 0 unspecified atom stereocenters. The fourth-order valence-corrected chi connectivity index (χ4v) is 2.39. The molecular weight excluding hydrogens is 230 g/mol. The zero-order valence-electron chi connectivity index (χ0n) is 10.8. The zero-order valence-corrected chi connectivity index (χ0v) is 10.8. The van der Waals surface area contributed by atoms with E-state index in [1.54, 1.807) is 0 Å². The molecule has 0 saturated carbocycles. The lowest BCUT2D eigenvalue weighted by Gasteiger charge is -2.30. The molecule has 0 radical (unpaired) electrons. The van der Waals surface area contributed by atoms with Gasteiger partial charge >= 0.3 is 0 Å². The van der Waals surface area contributed by atoms with Gasteiger partial charge in [-0.2, -0.15) is 0 Å². The average Bonchev–Trinajstić information content (AvgIpc) is 2.41. The fourth-order valence-electron chi connectivity index (χ4n) is 2.39. The topological polar surface area (TPSA) is 87.0 Å². The summed E-state index contributed by atoms with van der Waals surface area (Å²) in [6.45, 7) is 5.92. The van der Waals surface area contributed by atoms with Crippen LogP contribution in [0.25, 0.3) is 0 Å². The predicted octanol–water partition coefficient (Wildman–Crippen LogP) is 0.178. The maximum Gasteiger partial charge on any atom is 0.276 e. The van der Waals surface area contributed by atoms with E-state index in [0.717, 1.165) is 26.2 Å². The van der Waals surface area contributed by atoms with Crippen LogP contribution < -0.4 is 21.5 Å². The quantitative estimate of drug-likeness (QED) is 0.710. The minimum absolute atomic E-state index is 0.216. The van der Waals surface area contributed by atoms with Gasteiger partial charge in [0.15, 0.2) is 5.82 Å². The van der Waals surface area contributed by atoms with Crippen LogP contribution in [0.4, 0.5) is 11.5 Å². The molecule has 1 aromatic rings. The summed E-state index contributed by atoms with van der Waals surface area (Å²) in [5, 5.41) is 3.35. The maximum absolute atomic E-state index is 11.5. The van der Waals surface area contributed by atoms with E-state index in [9.17, 15) is 4.79 Å². The molecule has 18 heavy (non-hydrogen) atoms. The van der Waals surface area contributed by atoms with Gasteiger partial charge in [-0.15, -0.1) is 0 Å². The molecule has 100 valence electrons. The Morgan fingerprint density at radius 2 is 2.22 bits per heavy atom. The Balaban J connectivity index is 2.12. The van der Waals surface area contributed by atoms with E-state index < -0.39 is 0 Å². The first-order chi connectivity index (χ1) is 8.72. The van der Waals surface area contributed by atoms with Gasteiger partial charge < -0.3 is 20.9 Å². The summed E-state index contributed by atoms with van der Waals surface area (Å²) in [4.78, 5) is 20.3. The lowest BCUT2D eigenvalue weighted by atomic mass is 9.97. The molecule has 2 heterocycles. The van der Waals surface area contributed by atoms with Crippen molar-refractivity contribution in [3.63, 3.8) is 0 Å². The first-order valence-electron chi connectivity index (χ1n) is 6.51. The lowest BCUT2D eigenvalue weighted by Crippen LogP contribution is -2.37. The normalized spacial score (nSPS) is 16.7. The number of aromatic nitrogens is 2. The molecular formula is C12H21N5O. The van der Waals surface area contributed by atoms with Crippen LogP contribution in [-0.4, -0.2) is 36.1 Å². The average molecular weight is 251 g/mol. The zero-order chi connectivity index (χ0) is 13.0. The monoisotopic (exact) mass is 251 g/mol. The molecule has 0 aromatic carbocycles. The van der Waals surface area contributed by atoms with Gasteiger partial charge in [0.25, 0.3) is 5.56 Å². The molecule has 0 atom stereocenters. The number of hydrogen-bond acceptors (Lipinski definition) is 5. The van der Waals surface area contributed by atoms with Crippen LogP contribution in [0.3, 0.4) is 0 Å². The number of rotatable bonds is 4. The van der Waals surface area contributed by atoms with Gasteiger partial charge in [-0.25, -0.2) is 4.98 Å². The van der Waals surface area contributed by atoms with E-state index in [4.69, 9.17) is 5.73 Å². The number of nitrogens with two attached hydrogens (primary N) is 1. The van der Waals surface area contributed by atoms with Crippen molar-refractivity contribution in [3.05, 3.63) is 16.7 Å². The fraction of sp³-hybridized carbons (Fsp3) is 0.667. The molecule has 2 rings (SSSR count). The summed E-state index contributed by atoms with van der Waals surface area (Å²) < 4.78 is 0. The van der Waals surface area contributed by atoms with Crippen molar-refractivity contribution in [3.8, 4) is 0 Å². The van der Waals surface area contributed by atoms with Crippen LogP contribution >= 0.6 is 0 Å². The van der Waals surface area contributed by atoms with Gasteiger partial charge in [-0.1, -0.05) is 0 Å². The van der Waals surface area contributed by atoms with Crippen LogP contribution in [0.1, 0.15) is 19.8 Å². The van der Waals surface area contributed by atoms with Crippen molar-refractivity contribution < 1.29 is 0 Å². The highest BCUT2D eigenvalue weighted by atomic mass is 16.1. The molecule has 6 nitrogen and oxygen atoms in total. The molecule has 1 saturated heterocycles. The number of nitrogen functional groups attached to an aromatic ring is 1. The van der Waals surface area contributed by atoms with Crippen LogP contribution in [0.15, 0.2) is 11.1 Å². The van der Waals surface area contributed by atoms with Crippen molar-refractivity contribution >= 4 is 11.5 Å². The van der Waals surface area contributed by atoms with Crippen LogP contribution in [0, 0.1) is 5.92 Å². The van der Waals surface area contributed by atoms with Gasteiger partial charge in [-0.05, 0) is 38.8 Å². The number of piperidine rings is 1. The summed E-state index contributed by atoms with van der Waals surface area (Å²) in [5.41, 5.74) is 5.76. The molecule has 4 N–H and O–H groups in total. The van der Waals surface area contributed by atoms with Gasteiger partial charge in [0.2, 0.25) is 0 Å². The largest absolute Gasteiger partial charge is 0.391 e. The summed E-state index contributed by atoms with van der Waals surface area (Å²) in [7, 11) is 0. The third kappa shape index (κ3) is 2.81. The molecule has 0 bridgehead atoms. The summed E-state index contributed by atoms with van der Waals surface area (Å²) in [6, 6.07) is 0. The highest BCUT2D eigenvalue weighted by Crippen LogP contribution is 2.20. The van der Waals surface area contributed by atoms with Gasteiger partial charge in [-0.3, -0.25) is 4.79 Å². The molecule has 1 aliphatic heterocycles. The van der Waals surface area contributed by atoms with Crippen molar-refractivity contribution in [2.75, 3.05) is 36.8 Å². The minimum Gasteiger partial charge on any atom is -0.391 e. The Kier molecular flexibility index (Phi) is 4.19. The van der Waals surface area contributed by atoms with Crippen molar-refractivity contribution in [1.29, 1.82) is 0 Å². The Bertz CT molecular complexity index is 438. The minimum atomic E-state index is -0.260. The van der Waals surface area contributed by atoms with Crippen LogP contribution in [-0.2, 0) is 0 Å². The van der Waals surface area contributed by atoms with E-state index in [0.29, 0.717) is 11.7 Å².